The van der Waals surface area contributed by atoms with Gasteiger partial charge in [0.2, 0.25) is 0 Å². The number of nitrogens with zero attached hydrogens (tertiary/aromatic N) is 1. The first kappa shape index (κ1) is 25.3. The fourth-order valence-electron chi connectivity index (χ4n) is 2.74. The van der Waals surface area contributed by atoms with E-state index in [2.05, 4.69) is 27.8 Å². The van der Waals surface area contributed by atoms with Crippen molar-refractivity contribution >= 4 is 33.8 Å². The van der Waals surface area contributed by atoms with Crippen molar-refractivity contribution in [2.24, 2.45) is 10.7 Å². The molecule has 0 spiro atoms. The number of anilines is 2. The number of aromatic amines is 1. The Kier molecular flexibility index (Phi) is 9.80. The van der Waals surface area contributed by atoms with E-state index in [1.807, 2.05) is 44.2 Å². The van der Waals surface area contributed by atoms with Gasteiger partial charge in [0.1, 0.15) is 16.4 Å². The molecule has 0 bridgehead atoms. The Labute approximate surface area is 198 Å². The van der Waals surface area contributed by atoms with E-state index in [0.717, 1.165) is 17.1 Å². The molecule has 7 heteroatoms. The fraction of sp³-hybridized carbons (Fsp3) is 0.115. The van der Waals surface area contributed by atoms with E-state index in [0.29, 0.717) is 33.9 Å². The van der Waals surface area contributed by atoms with Crippen molar-refractivity contribution in [3.8, 4) is 0 Å². The second-order valence-electron chi connectivity index (χ2n) is 6.58. The Balaban J connectivity index is 0.00000187. The van der Waals surface area contributed by atoms with Gasteiger partial charge in [0.15, 0.2) is 5.78 Å². The number of ketones is 1. The van der Waals surface area contributed by atoms with Crippen LogP contribution in [0.2, 0.25) is 0 Å². The predicted molar refractivity (Wildman–Crippen MR) is 140 cm³/mol. The summed E-state index contributed by atoms with van der Waals surface area (Å²) in [5.41, 5.74) is 8.68. The quantitative estimate of drug-likeness (QED) is 0.127. The van der Waals surface area contributed by atoms with Crippen LogP contribution in [-0.2, 0) is 6.54 Å². The van der Waals surface area contributed by atoms with Gasteiger partial charge in [0.05, 0.1) is 6.54 Å². The fourth-order valence-corrected chi connectivity index (χ4v) is 3.51. The van der Waals surface area contributed by atoms with Crippen molar-refractivity contribution in [3.05, 3.63) is 119 Å². The molecule has 6 nitrogen and oxygen atoms in total. The smallest absolute Gasteiger partial charge is 0.271 e. The Bertz CT molecular complexity index is 1200. The van der Waals surface area contributed by atoms with Crippen LogP contribution in [0.15, 0.2) is 101 Å². The standard InChI is InChI=1S/C24H22N4O2S.C2H6/c1-3-4-8-16(2)21(29)18-11-13-19(14-12-18)27-24-20(23(30)28-31-24)22(25)26-15-17-9-6-5-7-10-17;1-2/h3-14,27H,1-2,15H2,(H2,25,26)(H,28,30);1-2H3/b8-4-;. The van der Waals surface area contributed by atoms with Gasteiger partial charge in [-0.05, 0) is 41.4 Å². The number of aromatic nitrogens is 1. The second kappa shape index (κ2) is 12.8. The Morgan fingerprint density at radius 3 is 2.45 bits per heavy atom. The van der Waals surface area contributed by atoms with Gasteiger partial charge in [-0.3, -0.25) is 19.0 Å². The summed E-state index contributed by atoms with van der Waals surface area (Å²) in [4.78, 5) is 29.0. The molecule has 0 saturated heterocycles. The summed E-state index contributed by atoms with van der Waals surface area (Å²) in [6.07, 6.45) is 4.86. The molecule has 0 atom stereocenters. The molecular formula is C26H28N4O2S. The third-order valence-electron chi connectivity index (χ3n) is 4.36. The summed E-state index contributed by atoms with van der Waals surface area (Å²) in [6, 6.07) is 16.5. The topological polar surface area (TPSA) is 100 Å². The zero-order chi connectivity index (χ0) is 24.2. The molecule has 3 rings (SSSR count). The third-order valence-corrected chi connectivity index (χ3v) is 5.16. The molecule has 1 aromatic heterocycles. The first-order valence-electron chi connectivity index (χ1n) is 10.4. The first-order chi connectivity index (χ1) is 16.0. The number of hydrogen-bond acceptors (Lipinski definition) is 5. The molecule has 0 saturated carbocycles. The van der Waals surface area contributed by atoms with E-state index in [-0.39, 0.29) is 17.2 Å². The molecule has 4 N–H and O–H groups in total. The van der Waals surface area contributed by atoms with E-state index < -0.39 is 0 Å². The molecule has 0 radical (unpaired) electrons. The molecule has 0 aliphatic rings. The number of H-pyrrole nitrogens is 1. The molecule has 0 fully saturated rings. The van der Waals surface area contributed by atoms with Gasteiger partial charge >= 0.3 is 0 Å². The number of carbonyl (C=O) groups is 1. The Morgan fingerprint density at radius 1 is 1.15 bits per heavy atom. The number of amidine groups is 1. The van der Waals surface area contributed by atoms with Gasteiger partial charge in [-0.2, -0.15) is 0 Å². The van der Waals surface area contributed by atoms with Crippen LogP contribution in [0.4, 0.5) is 10.7 Å². The highest BCUT2D eigenvalue weighted by atomic mass is 32.1. The zero-order valence-corrected chi connectivity index (χ0v) is 19.6. The number of nitrogens with two attached hydrogens (primary N) is 1. The minimum atomic E-state index is -0.307. The number of Topliss-reactive ketones (excluding diaryl/α,β-unsaturated/α-hetero) is 1. The van der Waals surface area contributed by atoms with E-state index in [1.165, 1.54) is 0 Å². The summed E-state index contributed by atoms with van der Waals surface area (Å²) in [7, 11) is 0. The first-order valence-corrected chi connectivity index (χ1v) is 11.3. The van der Waals surface area contributed by atoms with Crippen LogP contribution in [0.3, 0.4) is 0 Å². The molecular weight excluding hydrogens is 432 g/mol. The third kappa shape index (κ3) is 7.02. The van der Waals surface area contributed by atoms with Crippen LogP contribution in [0.5, 0.6) is 0 Å². The van der Waals surface area contributed by atoms with E-state index in [1.54, 1.807) is 42.5 Å². The lowest BCUT2D eigenvalue weighted by atomic mass is 10.0. The molecule has 1 heterocycles. The van der Waals surface area contributed by atoms with E-state index in [4.69, 9.17) is 5.73 Å². The van der Waals surface area contributed by atoms with Crippen LogP contribution in [0.25, 0.3) is 0 Å². The van der Waals surface area contributed by atoms with Gasteiger partial charge in [0.25, 0.3) is 5.56 Å². The minimum Gasteiger partial charge on any atom is -0.383 e. The molecule has 170 valence electrons. The van der Waals surface area contributed by atoms with Gasteiger partial charge < -0.3 is 11.1 Å². The Hall–Kier alpha value is -3.97. The summed E-state index contributed by atoms with van der Waals surface area (Å²) in [6.45, 7) is 11.7. The van der Waals surface area contributed by atoms with Gasteiger partial charge in [-0.15, -0.1) is 0 Å². The lowest BCUT2D eigenvalue weighted by Crippen LogP contribution is -2.22. The van der Waals surface area contributed by atoms with Gasteiger partial charge in [0, 0.05) is 16.8 Å². The number of rotatable bonds is 9. The maximum atomic E-state index is 12.4. The highest BCUT2D eigenvalue weighted by Crippen LogP contribution is 2.23. The molecule has 0 unspecified atom stereocenters. The number of allylic oxidation sites excluding steroid dienone is 4. The van der Waals surface area contributed by atoms with Gasteiger partial charge in [-0.25, -0.2) is 0 Å². The minimum absolute atomic E-state index is 0.158. The van der Waals surface area contributed by atoms with Crippen LogP contribution < -0.4 is 16.6 Å². The highest BCUT2D eigenvalue weighted by Gasteiger charge is 2.15. The second-order valence-corrected chi connectivity index (χ2v) is 7.39. The normalized spacial score (nSPS) is 10.9. The largest absolute Gasteiger partial charge is 0.383 e. The molecule has 33 heavy (non-hydrogen) atoms. The number of hydrogen-bond donors (Lipinski definition) is 3. The number of aliphatic imine (C=N–C) groups is 1. The molecule has 0 amide bonds. The molecule has 0 aliphatic carbocycles. The molecule has 0 aliphatic heterocycles. The number of nitrogens with one attached hydrogen (secondary N) is 2. The lowest BCUT2D eigenvalue weighted by molar-refractivity contribution is 0.103. The lowest BCUT2D eigenvalue weighted by Gasteiger charge is -2.07. The van der Waals surface area contributed by atoms with Crippen LogP contribution >= 0.6 is 11.5 Å². The van der Waals surface area contributed by atoms with Crippen LogP contribution in [0.1, 0.15) is 35.3 Å². The average molecular weight is 461 g/mol. The van der Waals surface area contributed by atoms with E-state index in [9.17, 15) is 9.59 Å². The van der Waals surface area contributed by atoms with Crippen molar-refractivity contribution in [3.63, 3.8) is 0 Å². The summed E-state index contributed by atoms with van der Waals surface area (Å²) in [5, 5.41) is 3.72. The van der Waals surface area contributed by atoms with Crippen LogP contribution in [0, 0.1) is 0 Å². The SMILES string of the molecule is C=C/C=C\C(=C)C(=O)c1ccc(Nc2s[nH]c(=O)c2C(N)=NCc2ccccc2)cc1.CC. The molecule has 3 aromatic rings. The highest BCUT2D eigenvalue weighted by molar-refractivity contribution is 7.10. The van der Waals surface area contributed by atoms with Crippen molar-refractivity contribution in [1.29, 1.82) is 0 Å². The summed E-state index contributed by atoms with van der Waals surface area (Å²) in [5.74, 6) is -0.0140. The van der Waals surface area contributed by atoms with Crippen molar-refractivity contribution in [2.75, 3.05) is 5.32 Å². The summed E-state index contributed by atoms with van der Waals surface area (Å²) >= 11 is 1.14. The van der Waals surface area contributed by atoms with Crippen molar-refractivity contribution in [2.45, 2.75) is 20.4 Å². The maximum Gasteiger partial charge on any atom is 0.271 e. The Morgan fingerprint density at radius 2 is 1.82 bits per heavy atom. The predicted octanol–water partition coefficient (Wildman–Crippen LogP) is 5.59. The zero-order valence-electron chi connectivity index (χ0n) is 18.8. The monoisotopic (exact) mass is 460 g/mol. The van der Waals surface area contributed by atoms with Gasteiger partial charge in [-0.1, -0.05) is 75.6 Å². The van der Waals surface area contributed by atoms with Crippen molar-refractivity contribution < 1.29 is 4.79 Å². The van der Waals surface area contributed by atoms with Crippen molar-refractivity contribution in [1.82, 2.24) is 4.37 Å². The van der Waals surface area contributed by atoms with E-state index >= 15 is 0 Å². The van der Waals surface area contributed by atoms with Crippen LogP contribution in [-0.4, -0.2) is 16.0 Å². The average Bonchev–Trinajstić information content (AvgIpc) is 3.22. The summed E-state index contributed by atoms with van der Waals surface area (Å²) < 4.78 is 2.68. The molecule has 2 aromatic carbocycles. The number of benzene rings is 2. The maximum absolute atomic E-state index is 12.4. The number of carbonyl (C=O) groups excluding carboxylic acids is 1.